The van der Waals surface area contributed by atoms with E-state index in [1.54, 1.807) is 42.9 Å². The number of sulfone groups is 1. The Morgan fingerprint density at radius 1 is 1.35 bits per heavy atom. The van der Waals surface area contributed by atoms with Crippen molar-refractivity contribution in [3.8, 4) is 6.07 Å². The molecular weight excluding hydrogens is 314 g/mol. The van der Waals surface area contributed by atoms with E-state index in [-0.39, 0.29) is 10.9 Å². The molecule has 7 heteroatoms. The highest BCUT2D eigenvalue weighted by molar-refractivity contribution is 7.90. The Morgan fingerprint density at radius 2 is 2.09 bits per heavy atom. The zero-order valence-electron chi connectivity index (χ0n) is 13.4. The summed E-state index contributed by atoms with van der Waals surface area (Å²) in [7, 11) is -2.04. The van der Waals surface area contributed by atoms with E-state index >= 15 is 0 Å². The van der Waals surface area contributed by atoms with Crippen LogP contribution in [0.25, 0.3) is 0 Å². The molecule has 0 amide bonds. The van der Waals surface area contributed by atoms with E-state index in [1.807, 2.05) is 13.0 Å². The van der Waals surface area contributed by atoms with Gasteiger partial charge in [-0.3, -0.25) is 0 Å². The molecule has 0 saturated carbocycles. The molecule has 0 fully saturated rings. The van der Waals surface area contributed by atoms with Crippen LogP contribution in [0.5, 0.6) is 0 Å². The number of ether oxygens (including phenoxy) is 1. The fraction of sp³-hybridized carbons (Fsp3) is 0.375. The van der Waals surface area contributed by atoms with Gasteiger partial charge in [-0.25, -0.2) is 13.4 Å². The molecule has 0 aliphatic rings. The topological polar surface area (TPSA) is 85.0 Å². The molecular formula is C16H19N3O3S. The van der Waals surface area contributed by atoms with Crippen molar-refractivity contribution in [2.24, 2.45) is 0 Å². The maximum atomic E-state index is 12.7. The van der Waals surface area contributed by atoms with Crippen molar-refractivity contribution in [1.82, 2.24) is 9.55 Å². The number of hydrogen-bond acceptors (Lipinski definition) is 5. The first-order chi connectivity index (χ1) is 10.9. The van der Waals surface area contributed by atoms with Gasteiger partial charge in [-0.1, -0.05) is 12.1 Å². The summed E-state index contributed by atoms with van der Waals surface area (Å²) in [5.41, 5.74) is 2.50. The van der Waals surface area contributed by atoms with Crippen LogP contribution in [0.1, 0.15) is 22.5 Å². The third-order valence-electron chi connectivity index (χ3n) is 3.63. The Morgan fingerprint density at radius 3 is 2.74 bits per heavy atom. The minimum Gasteiger partial charge on any atom is -0.383 e. The van der Waals surface area contributed by atoms with Crippen molar-refractivity contribution in [2.75, 3.05) is 13.7 Å². The molecule has 0 saturated heterocycles. The molecule has 0 atom stereocenters. The Kier molecular flexibility index (Phi) is 5.19. The monoisotopic (exact) mass is 333 g/mol. The van der Waals surface area contributed by atoms with E-state index in [0.717, 1.165) is 5.69 Å². The highest BCUT2D eigenvalue weighted by atomic mass is 32.2. The lowest BCUT2D eigenvalue weighted by molar-refractivity contribution is 0.184. The molecule has 0 aliphatic heterocycles. The summed E-state index contributed by atoms with van der Waals surface area (Å²) < 4.78 is 32.2. The van der Waals surface area contributed by atoms with E-state index in [1.165, 1.54) is 0 Å². The Labute approximate surface area is 136 Å². The average molecular weight is 333 g/mol. The Balaban J connectivity index is 2.39. The van der Waals surface area contributed by atoms with Gasteiger partial charge in [0, 0.05) is 19.3 Å². The highest BCUT2D eigenvalue weighted by Crippen LogP contribution is 2.20. The number of aryl methyl sites for hydroxylation is 1. The van der Waals surface area contributed by atoms with E-state index in [9.17, 15) is 8.42 Å². The van der Waals surface area contributed by atoms with Crippen molar-refractivity contribution in [1.29, 1.82) is 5.26 Å². The lowest BCUT2D eigenvalue weighted by atomic mass is 10.2. The highest BCUT2D eigenvalue weighted by Gasteiger charge is 2.24. The predicted molar refractivity (Wildman–Crippen MR) is 85.6 cm³/mol. The number of imidazole rings is 1. The van der Waals surface area contributed by atoms with E-state index < -0.39 is 9.84 Å². The summed E-state index contributed by atoms with van der Waals surface area (Å²) in [6, 6.07) is 8.61. The summed E-state index contributed by atoms with van der Waals surface area (Å²) in [5.74, 6) is -0.189. The van der Waals surface area contributed by atoms with Crippen molar-refractivity contribution in [3.05, 3.63) is 46.8 Å². The number of aromatic nitrogens is 2. The first-order valence-electron chi connectivity index (χ1n) is 7.13. The molecule has 1 aromatic carbocycles. The van der Waals surface area contributed by atoms with E-state index in [0.29, 0.717) is 30.0 Å². The molecule has 0 aliphatic carbocycles. The van der Waals surface area contributed by atoms with Gasteiger partial charge in [0.15, 0.2) is 0 Å². The van der Waals surface area contributed by atoms with Crippen LogP contribution >= 0.6 is 0 Å². The third-order valence-corrected chi connectivity index (χ3v) is 5.21. The van der Waals surface area contributed by atoms with Crippen LogP contribution in [0.4, 0.5) is 0 Å². The molecule has 2 rings (SSSR count). The van der Waals surface area contributed by atoms with Crippen LogP contribution < -0.4 is 0 Å². The van der Waals surface area contributed by atoms with Gasteiger partial charge in [0.1, 0.15) is 0 Å². The number of methoxy groups -OCH3 is 1. The maximum absolute atomic E-state index is 12.7. The summed E-state index contributed by atoms with van der Waals surface area (Å²) in [4.78, 5) is 4.23. The minimum atomic E-state index is -3.61. The quantitative estimate of drug-likeness (QED) is 0.807. The third kappa shape index (κ3) is 3.78. The second kappa shape index (κ2) is 6.94. The number of nitriles is 1. The molecule has 2 aromatic rings. The standard InChI is InChI=1S/C16H19N3O3S/c1-12-13(2)19(7-8-22-3)16(18-12)23(20,21)11-15-6-4-5-14(9-15)10-17/h4-6,9H,7-8,11H2,1-3H3. The molecule has 0 bridgehead atoms. The van der Waals surface area contributed by atoms with Crippen molar-refractivity contribution in [3.63, 3.8) is 0 Å². The molecule has 0 radical (unpaired) electrons. The van der Waals surface area contributed by atoms with Gasteiger partial charge in [0.2, 0.25) is 15.0 Å². The summed E-state index contributed by atoms with van der Waals surface area (Å²) in [6.07, 6.45) is 0. The lowest BCUT2D eigenvalue weighted by Crippen LogP contribution is -2.16. The number of benzene rings is 1. The van der Waals surface area contributed by atoms with Gasteiger partial charge in [0.05, 0.1) is 29.7 Å². The second-order valence-corrected chi connectivity index (χ2v) is 7.16. The first kappa shape index (κ1) is 17.2. The number of nitrogens with zero attached hydrogens (tertiary/aromatic N) is 3. The predicted octanol–water partition coefficient (Wildman–Crippen LogP) is 1.99. The fourth-order valence-electron chi connectivity index (χ4n) is 2.32. The van der Waals surface area contributed by atoms with Crippen molar-refractivity contribution >= 4 is 9.84 Å². The summed E-state index contributed by atoms with van der Waals surface area (Å²) in [6.45, 7) is 4.46. The number of rotatable bonds is 6. The van der Waals surface area contributed by atoms with Crippen LogP contribution in [-0.2, 0) is 26.9 Å². The van der Waals surface area contributed by atoms with Crippen molar-refractivity contribution < 1.29 is 13.2 Å². The molecule has 0 N–H and O–H groups in total. The second-order valence-electron chi connectivity index (χ2n) is 5.28. The number of hydrogen-bond donors (Lipinski definition) is 0. The zero-order valence-corrected chi connectivity index (χ0v) is 14.2. The molecule has 23 heavy (non-hydrogen) atoms. The Hall–Kier alpha value is -2.17. The SMILES string of the molecule is COCCn1c(S(=O)(=O)Cc2cccc(C#N)c2)nc(C)c1C. The molecule has 1 aromatic heterocycles. The molecule has 122 valence electrons. The molecule has 1 heterocycles. The van der Waals surface area contributed by atoms with E-state index in [2.05, 4.69) is 4.98 Å². The van der Waals surface area contributed by atoms with E-state index in [4.69, 9.17) is 10.00 Å². The first-order valence-corrected chi connectivity index (χ1v) is 8.78. The largest absolute Gasteiger partial charge is 0.383 e. The lowest BCUT2D eigenvalue weighted by Gasteiger charge is -2.10. The maximum Gasteiger partial charge on any atom is 0.228 e. The smallest absolute Gasteiger partial charge is 0.228 e. The van der Waals surface area contributed by atoms with Gasteiger partial charge >= 0.3 is 0 Å². The molecule has 6 nitrogen and oxygen atoms in total. The summed E-state index contributed by atoms with van der Waals surface area (Å²) >= 11 is 0. The van der Waals surface area contributed by atoms with Crippen LogP contribution in [0.2, 0.25) is 0 Å². The van der Waals surface area contributed by atoms with Gasteiger partial charge < -0.3 is 9.30 Å². The van der Waals surface area contributed by atoms with Crippen LogP contribution in [0.3, 0.4) is 0 Å². The van der Waals surface area contributed by atoms with Crippen LogP contribution in [0, 0.1) is 25.2 Å². The van der Waals surface area contributed by atoms with Crippen LogP contribution in [0.15, 0.2) is 29.4 Å². The van der Waals surface area contributed by atoms with Gasteiger partial charge in [-0.15, -0.1) is 0 Å². The normalized spacial score (nSPS) is 11.4. The van der Waals surface area contributed by atoms with Crippen LogP contribution in [-0.4, -0.2) is 31.7 Å². The average Bonchev–Trinajstić information content (AvgIpc) is 2.81. The minimum absolute atomic E-state index is 0.0481. The molecule has 0 spiro atoms. The Bertz CT molecular complexity index is 848. The van der Waals surface area contributed by atoms with Gasteiger partial charge in [0.25, 0.3) is 0 Å². The summed E-state index contributed by atoms with van der Waals surface area (Å²) in [5, 5.41) is 8.98. The van der Waals surface area contributed by atoms with Gasteiger partial charge in [-0.2, -0.15) is 5.26 Å². The molecule has 0 unspecified atom stereocenters. The van der Waals surface area contributed by atoms with Gasteiger partial charge in [-0.05, 0) is 31.5 Å². The van der Waals surface area contributed by atoms with Crippen molar-refractivity contribution in [2.45, 2.75) is 31.3 Å². The zero-order chi connectivity index (χ0) is 17.0. The fourth-order valence-corrected chi connectivity index (χ4v) is 3.91.